The molecule has 0 saturated heterocycles. The van der Waals surface area contributed by atoms with Gasteiger partial charge in [0, 0.05) is 6.42 Å². The van der Waals surface area contributed by atoms with E-state index in [9.17, 15) is 4.79 Å². The molecule has 2 saturated carbocycles. The van der Waals surface area contributed by atoms with Crippen LogP contribution in [0.25, 0.3) is 0 Å². The van der Waals surface area contributed by atoms with Crippen LogP contribution in [0.3, 0.4) is 0 Å². The largest absolute Gasteiger partial charge is 0.303 e. The van der Waals surface area contributed by atoms with Crippen LogP contribution in [0.5, 0.6) is 0 Å². The van der Waals surface area contributed by atoms with Crippen LogP contribution in [-0.4, -0.2) is 6.29 Å². The van der Waals surface area contributed by atoms with Gasteiger partial charge in [0.1, 0.15) is 6.29 Å². The average molecular weight is 271 g/mol. The predicted octanol–water partition coefficient (Wildman–Crippen LogP) is 4.07. The topological polar surface area (TPSA) is 17.1 Å². The Morgan fingerprint density at radius 3 is 3.00 bits per heavy atom. The number of rotatable bonds is 2. The summed E-state index contributed by atoms with van der Waals surface area (Å²) in [4.78, 5) is 12.8. The Kier molecular flexibility index (Phi) is 3.34. The van der Waals surface area contributed by atoms with E-state index in [2.05, 4.69) is 27.8 Å². The summed E-state index contributed by atoms with van der Waals surface area (Å²) in [5.74, 6) is 1.36. The van der Waals surface area contributed by atoms with Crippen molar-refractivity contribution in [1.29, 1.82) is 0 Å². The summed E-state index contributed by atoms with van der Waals surface area (Å²) in [6.07, 6.45) is 8.25. The number of hydrogen-bond donors (Lipinski definition) is 0. The van der Waals surface area contributed by atoms with Crippen LogP contribution in [0.1, 0.15) is 45.4 Å². The van der Waals surface area contributed by atoms with E-state index < -0.39 is 0 Å². The van der Waals surface area contributed by atoms with Gasteiger partial charge in [0.15, 0.2) is 0 Å². The third-order valence-corrected chi connectivity index (χ3v) is 5.27. The number of aldehydes is 1. The van der Waals surface area contributed by atoms with E-state index in [1.807, 2.05) is 0 Å². The van der Waals surface area contributed by atoms with Crippen molar-refractivity contribution >= 4 is 22.2 Å². The van der Waals surface area contributed by atoms with E-state index in [4.69, 9.17) is 0 Å². The summed E-state index contributed by atoms with van der Waals surface area (Å²) in [5.41, 5.74) is 1.98. The van der Waals surface area contributed by atoms with E-state index >= 15 is 0 Å². The molecule has 2 rings (SSSR count). The third kappa shape index (κ3) is 1.82. The van der Waals surface area contributed by atoms with Gasteiger partial charge in [0.25, 0.3) is 0 Å². The summed E-state index contributed by atoms with van der Waals surface area (Å²) in [6.45, 7) is 2.40. The highest BCUT2D eigenvalue weighted by Gasteiger charge is 2.48. The Bertz CT molecular complexity index is 284. The zero-order chi connectivity index (χ0) is 10.9. The van der Waals surface area contributed by atoms with Crippen molar-refractivity contribution in [2.24, 2.45) is 17.3 Å². The first-order valence-corrected chi connectivity index (χ1v) is 6.86. The van der Waals surface area contributed by atoms with Crippen molar-refractivity contribution in [3.8, 4) is 0 Å². The molecule has 2 aliphatic carbocycles. The smallest absolute Gasteiger partial charge is 0.120 e. The van der Waals surface area contributed by atoms with Gasteiger partial charge in [-0.1, -0.05) is 28.4 Å². The number of halogens is 1. The summed E-state index contributed by atoms with van der Waals surface area (Å²) in [7, 11) is 0. The quantitative estimate of drug-likeness (QED) is 0.692. The Hall–Kier alpha value is -0.110. The fraction of sp³-hybridized carbons (Fsp3) is 0.769. The minimum absolute atomic E-state index is 0.402. The first kappa shape index (κ1) is 11.4. The molecule has 15 heavy (non-hydrogen) atoms. The Labute approximate surface area is 100 Å². The van der Waals surface area contributed by atoms with E-state index in [-0.39, 0.29) is 0 Å². The van der Waals surface area contributed by atoms with E-state index in [0.29, 0.717) is 11.3 Å². The van der Waals surface area contributed by atoms with Crippen molar-refractivity contribution in [2.75, 3.05) is 0 Å². The molecule has 0 bridgehead atoms. The SMILES string of the molecule is CC12CCC/C(=C\Br)C1CCC2CC=O. The zero-order valence-corrected chi connectivity index (χ0v) is 10.9. The average Bonchev–Trinajstić information content (AvgIpc) is 2.56. The summed E-state index contributed by atoms with van der Waals surface area (Å²) < 4.78 is 0. The highest BCUT2D eigenvalue weighted by Crippen LogP contribution is 2.58. The van der Waals surface area contributed by atoms with Gasteiger partial charge >= 0.3 is 0 Å². The van der Waals surface area contributed by atoms with Gasteiger partial charge in [-0.05, 0) is 54.3 Å². The normalized spacial score (nSPS) is 42.9. The lowest BCUT2D eigenvalue weighted by Crippen LogP contribution is -2.33. The minimum atomic E-state index is 0.402. The molecule has 0 aliphatic heterocycles. The fourth-order valence-corrected chi connectivity index (χ4v) is 4.33. The Balaban J connectivity index is 2.22. The molecule has 2 heteroatoms. The van der Waals surface area contributed by atoms with E-state index in [1.165, 1.54) is 32.1 Å². The van der Waals surface area contributed by atoms with Crippen LogP contribution < -0.4 is 0 Å². The molecule has 2 fully saturated rings. The molecule has 0 heterocycles. The maximum Gasteiger partial charge on any atom is 0.120 e. The summed E-state index contributed by atoms with van der Waals surface area (Å²) in [5, 5.41) is 0. The molecule has 3 atom stereocenters. The molecule has 0 amide bonds. The Morgan fingerprint density at radius 2 is 2.33 bits per heavy atom. The lowest BCUT2D eigenvalue weighted by molar-refractivity contribution is -0.109. The first-order valence-electron chi connectivity index (χ1n) is 5.95. The van der Waals surface area contributed by atoms with Crippen molar-refractivity contribution in [2.45, 2.75) is 45.4 Å². The zero-order valence-electron chi connectivity index (χ0n) is 9.34. The molecular formula is C13H19BrO. The number of carbonyl (C=O) groups is 1. The van der Waals surface area contributed by atoms with Gasteiger partial charge in [0.05, 0.1) is 0 Å². The van der Waals surface area contributed by atoms with Crippen LogP contribution in [-0.2, 0) is 4.79 Å². The van der Waals surface area contributed by atoms with Crippen LogP contribution in [0.2, 0.25) is 0 Å². The van der Waals surface area contributed by atoms with Gasteiger partial charge in [0.2, 0.25) is 0 Å². The first-order chi connectivity index (χ1) is 7.22. The molecule has 1 nitrogen and oxygen atoms in total. The van der Waals surface area contributed by atoms with Crippen molar-refractivity contribution in [1.82, 2.24) is 0 Å². The lowest BCUT2D eigenvalue weighted by Gasteiger charge is -2.41. The van der Waals surface area contributed by atoms with Crippen LogP contribution >= 0.6 is 15.9 Å². The molecule has 0 N–H and O–H groups in total. The maximum absolute atomic E-state index is 10.7. The molecule has 0 spiro atoms. The highest BCUT2D eigenvalue weighted by molar-refractivity contribution is 9.11. The monoisotopic (exact) mass is 270 g/mol. The van der Waals surface area contributed by atoms with Crippen LogP contribution in [0, 0.1) is 17.3 Å². The van der Waals surface area contributed by atoms with Gasteiger partial charge < -0.3 is 4.79 Å². The summed E-state index contributed by atoms with van der Waals surface area (Å²) >= 11 is 3.50. The predicted molar refractivity (Wildman–Crippen MR) is 65.9 cm³/mol. The number of carbonyl (C=O) groups excluding carboxylic acids is 1. The molecular weight excluding hydrogens is 252 g/mol. The van der Waals surface area contributed by atoms with Gasteiger partial charge in [-0.3, -0.25) is 0 Å². The van der Waals surface area contributed by atoms with Crippen molar-refractivity contribution in [3.05, 3.63) is 10.6 Å². The second kappa shape index (κ2) is 4.40. The number of allylic oxidation sites excluding steroid dienone is 1. The second-order valence-electron chi connectivity index (χ2n) is 5.27. The number of hydrogen-bond acceptors (Lipinski definition) is 1. The summed E-state index contributed by atoms with van der Waals surface area (Å²) in [6, 6.07) is 0. The lowest BCUT2D eigenvalue weighted by atomic mass is 9.63. The molecule has 0 radical (unpaired) electrons. The van der Waals surface area contributed by atoms with E-state index in [0.717, 1.165) is 18.6 Å². The van der Waals surface area contributed by atoms with E-state index in [1.54, 1.807) is 5.57 Å². The molecule has 3 unspecified atom stereocenters. The minimum Gasteiger partial charge on any atom is -0.303 e. The van der Waals surface area contributed by atoms with Crippen LogP contribution in [0.4, 0.5) is 0 Å². The van der Waals surface area contributed by atoms with Crippen molar-refractivity contribution in [3.63, 3.8) is 0 Å². The van der Waals surface area contributed by atoms with Crippen molar-refractivity contribution < 1.29 is 4.79 Å². The molecule has 84 valence electrons. The van der Waals surface area contributed by atoms with Crippen LogP contribution in [0.15, 0.2) is 10.6 Å². The molecule has 0 aromatic heterocycles. The Morgan fingerprint density at radius 1 is 1.53 bits per heavy atom. The van der Waals surface area contributed by atoms with Gasteiger partial charge in [-0.25, -0.2) is 0 Å². The fourth-order valence-electron chi connectivity index (χ4n) is 3.78. The third-order valence-electron chi connectivity index (χ3n) is 4.68. The highest BCUT2D eigenvalue weighted by atomic mass is 79.9. The standard InChI is InChI=1S/C13H19BrO/c1-13-7-2-3-10(9-14)12(13)5-4-11(13)6-8-15/h8-9,11-12H,2-7H2,1H3/b10-9+. The van der Waals surface area contributed by atoms with Gasteiger partial charge in [-0.2, -0.15) is 0 Å². The molecule has 0 aromatic carbocycles. The molecule has 0 aromatic rings. The second-order valence-corrected chi connectivity index (χ2v) is 5.73. The number of fused-ring (bicyclic) bond motifs is 1. The molecule has 2 aliphatic rings. The maximum atomic E-state index is 10.7. The van der Waals surface area contributed by atoms with Gasteiger partial charge in [-0.15, -0.1) is 0 Å².